The molecule has 0 saturated heterocycles. The zero-order valence-electron chi connectivity index (χ0n) is 7.80. The molecule has 1 aromatic heterocycles. The normalized spacial score (nSPS) is 10.1. The van der Waals surface area contributed by atoms with E-state index in [1.165, 1.54) is 7.11 Å². The molecule has 0 aliphatic rings. The van der Waals surface area contributed by atoms with E-state index in [1.807, 2.05) is 0 Å². The average molecular weight is 277 g/mol. The first-order valence-corrected chi connectivity index (χ1v) is 5.07. The summed E-state index contributed by atoms with van der Waals surface area (Å²) in [5.74, 6) is 0.188. The van der Waals surface area contributed by atoms with E-state index >= 15 is 0 Å². The second-order valence-electron chi connectivity index (χ2n) is 2.62. The molecule has 0 spiro atoms. The Balaban J connectivity index is 3.43. The molecule has 0 fully saturated rings. The van der Waals surface area contributed by atoms with Gasteiger partial charge in [0.05, 0.1) is 18.2 Å². The minimum Gasteiger partial charge on any atom is -0.481 e. The molecule has 1 aromatic rings. The lowest BCUT2D eigenvalue weighted by molar-refractivity contribution is 0.150. The monoisotopic (exact) mass is 276 g/mol. The minimum atomic E-state index is -2.71. The Morgan fingerprint density at radius 2 is 2.33 bits per heavy atom. The first kappa shape index (κ1) is 11.9. The van der Waals surface area contributed by atoms with E-state index in [-0.39, 0.29) is 22.3 Å². The Morgan fingerprint density at radius 1 is 1.67 bits per heavy atom. The molecule has 0 bridgehead atoms. The van der Waals surface area contributed by atoms with E-state index in [1.54, 1.807) is 6.07 Å². The summed E-state index contributed by atoms with van der Waals surface area (Å²) in [6.07, 6.45) is -1.75. The van der Waals surface area contributed by atoms with E-state index in [0.29, 0.717) is 5.56 Å². The molecular weight excluding hydrogens is 270 g/mol. The van der Waals surface area contributed by atoms with Crippen molar-refractivity contribution in [2.24, 2.45) is 0 Å². The Hall–Kier alpha value is -1.22. The van der Waals surface area contributed by atoms with Crippen molar-refractivity contribution in [2.75, 3.05) is 7.11 Å². The molecule has 15 heavy (non-hydrogen) atoms. The fourth-order valence-corrected chi connectivity index (χ4v) is 1.67. The zero-order valence-corrected chi connectivity index (χ0v) is 9.38. The fraction of sp³-hybridized carbons (Fsp3) is 0.333. The number of aromatic nitrogens is 1. The maximum Gasteiger partial charge on any atom is 0.266 e. The van der Waals surface area contributed by atoms with Crippen molar-refractivity contribution in [1.29, 1.82) is 5.26 Å². The Morgan fingerprint density at radius 3 is 2.73 bits per heavy atom. The van der Waals surface area contributed by atoms with Crippen LogP contribution in [-0.2, 0) is 5.33 Å². The molecule has 0 atom stereocenters. The highest BCUT2D eigenvalue weighted by molar-refractivity contribution is 9.08. The van der Waals surface area contributed by atoms with Crippen LogP contribution < -0.4 is 4.74 Å². The van der Waals surface area contributed by atoms with Gasteiger partial charge < -0.3 is 4.74 Å². The standard InChI is InChI=1S/C9H7BrF2N2O/c1-15-9-5(2-10)6(3-13)7(4-14-9)8(11)12/h4,8H,2H2,1H3. The number of halogens is 3. The number of nitrogens with zero attached hydrogens (tertiary/aromatic N) is 2. The Labute approximate surface area is 93.8 Å². The molecule has 0 aliphatic carbocycles. The Bertz CT molecular complexity index is 404. The predicted molar refractivity (Wildman–Crippen MR) is 53.1 cm³/mol. The van der Waals surface area contributed by atoms with Crippen molar-refractivity contribution >= 4 is 15.9 Å². The van der Waals surface area contributed by atoms with Gasteiger partial charge in [-0.05, 0) is 0 Å². The quantitative estimate of drug-likeness (QED) is 0.798. The third kappa shape index (κ3) is 2.23. The van der Waals surface area contributed by atoms with Gasteiger partial charge in [0, 0.05) is 17.1 Å². The molecule has 0 saturated carbocycles. The molecule has 1 rings (SSSR count). The maximum absolute atomic E-state index is 12.5. The van der Waals surface area contributed by atoms with Gasteiger partial charge in [0.2, 0.25) is 5.88 Å². The smallest absolute Gasteiger partial charge is 0.266 e. The number of ether oxygens (including phenoxy) is 1. The van der Waals surface area contributed by atoms with Crippen molar-refractivity contribution in [1.82, 2.24) is 4.98 Å². The maximum atomic E-state index is 12.5. The van der Waals surface area contributed by atoms with Gasteiger partial charge in [-0.3, -0.25) is 0 Å². The summed E-state index contributed by atoms with van der Waals surface area (Å²) in [4.78, 5) is 3.71. The van der Waals surface area contributed by atoms with Crippen LogP contribution in [0.5, 0.6) is 5.88 Å². The SMILES string of the molecule is COc1ncc(C(F)F)c(C#N)c1CBr. The van der Waals surface area contributed by atoms with E-state index in [0.717, 1.165) is 6.20 Å². The van der Waals surface area contributed by atoms with E-state index in [9.17, 15) is 8.78 Å². The third-order valence-corrected chi connectivity index (χ3v) is 2.40. The fourth-order valence-electron chi connectivity index (χ4n) is 1.15. The van der Waals surface area contributed by atoms with Crippen LogP contribution in [0.15, 0.2) is 6.20 Å². The van der Waals surface area contributed by atoms with E-state index in [2.05, 4.69) is 20.9 Å². The molecule has 0 radical (unpaired) electrons. The van der Waals surface area contributed by atoms with E-state index < -0.39 is 6.43 Å². The summed E-state index contributed by atoms with van der Waals surface area (Å²) in [7, 11) is 1.37. The largest absolute Gasteiger partial charge is 0.481 e. The number of rotatable bonds is 3. The average Bonchev–Trinajstić information content (AvgIpc) is 2.26. The number of hydrogen-bond donors (Lipinski definition) is 0. The summed E-state index contributed by atoms with van der Waals surface area (Å²) in [5, 5.41) is 9.05. The van der Waals surface area contributed by atoms with Crippen LogP contribution in [0.2, 0.25) is 0 Å². The second-order valence-corrected chi connectivity index (χ2v) is 3.18. The topological polar surface area (TPSA) is 45.9 Å². The summed E-state index contributed by atoms with van der Waals surface area (Å²) < 4.78 is 29.9. The first-order chi connectivity index (χ1) is 7.15. The van der Waals surface area contributed by atoms with Gasteiger partial charge in [-0.2, -0.15) is 5.26 Å². The van der Waals surface area contributed by atoms with Gasteiger partial charge in [-0.25, -0.2) is 13.8 Å². The molecule has 0 aliphatic heterocycles. The lowest BCUT2D eigenvalue weighted by Crippen LogP contribution is -2.01. The van der Waals surface area contributed by atoms with Gasteiger partial charge in [-0.15, -0.1) is 0 Å². The van der Waals surface area contributed by atoms with Crippen molar-refractivity contribution < 1.29 is 13.5 Å². The number of hydrogen-bond acceptors (Lipinski definition) is 3. The lowest BCUT2D eigenvalue weighted by atomic mass is 10.1. The van der Waals surface area contributed by atoms with Crippen LogP contribution in [0.4, 0.5) is 8.78 Å². The summed E-state index contributed by atoms with van der Waals surface area (Å²) >= 11 is 3.11. The first-order valence-electron chi connectivity index (χ1n) is 3.95. The highest BCUT2D eigenvalue weighted by atomic mass is 79.9. The molecule has 80 valence electrons. The van der Waals surface area contributed by atoms with Crippen molar-refractivity contribution in [3.63, 3.8) is 0 Å². The molecule has 6 heteroatoms. The summed E-state index contributed by atoms with van der Waals surface area (Å²) in [5.41, 5.74) is -0.0979. The van der Waals surface area contributed by atoms with Crippen molar-refractivity contribution in [3.8, 4) is 11.9 Å². The summed E-state index contributed by atoms with van der Waals surface area (Å²) in [6, 6.07) is 1.74. The van der Waals surface area contributed by atoms with Crippen LogP contribution in [0.25, 0.3) is 0 Å². The molecular formula is C9H7BrF2N2O. The van der Waals surface area contributed by atoms with Gasteiger partial charge in [0.1, 0.15) is 6.07 Å². The number of pyridine rings is 1. The highest BCUT2D eigenvalue weighted by Gasteiger charge is 2.20. The van der Waals surface area contributed by atoms with E-state index in [4.69, 9.17) is 10.00 Å². The van der Waals surface area contributed by atoms with Crippen LogP contribution in [0.3, 0.4) is 0 Å². The van der Waals surface area contributed by atoms with Gasteiger partial charge in [0.15, 0.2) is 0 Å². The Kier molecular flexibility index (Phi) is 3.97. The van der Waals surface area contributed by atoms with Crippen LogP contribution in [0, 0.1) is 11.3 Å². The molecule has 0 unspecified atom stereocenters. The zero-order chi connectivity index (χ0) is 11.4. The van der Waals surface area contributed by atoms with Gasteiger partial charge >= 0.3 is 0 Å². The molecule has 1 heterocycles. The predicted octanol–water partition coefficient (Wildman–Crippen LogP) is 2.79. The van der Waals surface area contributed by atoms with Gasteiger partial charge in [0.25, 0.3) is 6.43 Å². The van der Waals surface area contributed by atoms with Gasteiger partial charge in [-0.1, -0.05) is 15.9 Å². The molecule has 3 nitrogen and oxygen atoms in total. The van der Waals surface area contributed by atoms with Crippen LogP contribution in [0.1, 0.15) is 23.1 Å². The van der Waals surface area contributed by atoms with Crippen molar-refractivity contribution in [2.45, 2.75) is 11.8 Å². The molecule has 0 aromatic carbocycles. The number of nitriles is 1. The summed E-state index contributed by atoms with van der Waals surface area (Å²) in [6.45, 7) is 0. The van der Waals surface area contributed by atoms with Crippen LogP contribution in [-0.4, -0.2) is 12.1 Å². The minimum absolute atomic E-state index is 0.0753. The molecule has 0 N–H and O–H groups in total. The number of alkyl halides is 3. The van der Waals surface area contributed by atoms with Crippen LogP contribution >= 0.6 is 15.9 Å². The highest BCUT2D eigenvalue weighted by Crippen LogP contribution is 2.30. The molecule has 0 amide bonds. The number of methoxy groups -OCH3 is 1. The third-order valence-electron chi connectivity index (χ3n) is 1.84. The lowest BCUT2D eigenvalue weighted by Gasteiger charge is -2.09. The van der Waals surface area contributed by atoms with Crippen molar-refractivity contribution in [3.05, 3.63) is 22.9 Å². The second kappa shape index (κ2) is 5.03.